The van der Waals surface area contributed by atoms with Crippen LogP contribution in [0, 0.1) is 11.8 Å². The fraction of sp³-hybridized carbons (Fsp3) is 0.684. The molecule has 3 heterocycles. The molecule has 1 aromatic rings. The lowest BCUT2D eigenvalue weighted by Crippen LogP contribution is -2.56. The highest BCUT2D eigenvalue weighted by Crippen LogP contribution is 2.50. The van der Waals surface area contributed by atoms with Crippen LogP contribution in [-0.2, 0) is 10.3 Å². The lowest BCUT2D eigenvalue weighted by Gasteiger charge is -2.51. The molecule has 1 saturated carbocycles. The van der Waals surface area contributed by atoms with Gasteiger partial charge in [0, 0.05) is 17.9 Å². The van der Waals surface area contributed by atoms with Crippen molar-refractivity contribution >= 4 is 0 Å². The molecule has 0 amide bonds. The van der Waals surface area contributed by atoms with Crippen LogP contribution in [0.3, 0.4) is 0 Å². The van der Waals surface area contributed by atoms with Gasteiger partial charge in [-0.1, -0.05) is 43.2 Å². The van der Waals surface area contributed by atoms with Crippen molar-refractivity contribution < 1.29 is 10.1 Å². The number of nitrogens with zero attached hydrogens (tertiary/aromatic N) is 1. The van der Waals surface area contributed by atoms with Crippen molar-refractivity contribution in [3.05, 3.63) is 35.9 Å². The minimum Gasteiger partial charge on any atom is -0.303 e. The van der Waals surface area contributed by atoms with Gasteiger partial charge in [0.1, 0.15) is 6.10 Å². The fourth-order valence-corrected chi connectivity index (χ4v) is 5.46. The van der Waals surface area contributed by atoms with E-state index in [2.05, 4.69) is 35.2 Å². The first-order valence-corrected chi connectivity index (χ1v) is 8.91. The molecule has 3 heteroatoms. The zero-order valence-corrected chi connectivity index (χ0v) is 13.3. The summed E-state index contributed by atoms with van der Waals surface area (Å²) in [6.45, 7) is 3.57. The van der Waals surface area contributed by atoms with E-state index >= 15 is 0 Å². The summed E-state index contributed by atoms with van der Waals surface area (Å²) in [7, 11) is 0. The lowest BCUT2D eigenvalue weighted by atomic mass is 9.64. The summed E-state index contributed by atoms with van der Waals surface area (Å²) in [6, 6.07) is 10.8. The number of fused-ring (bicyclic) bond motifs is 3. The Morgan fingerprint density at radius 1 is 1.09 bits per heavy atom. The first-order valence-electron chi connectivity index (χ1n) is 8.91. The molecule has 2 atom stereocenters. The second kappa shape index (κ2) is 5.95. The molecule has 3 saturated heterocycles. The van der Waals surface area contributed by atoms with Crippen LogP contribution in [0.4, 0.5) is 0 Å². The van der Waals surface area contributed by atoms with Crippen LogP contribution in [0.1, 0.15) is 44.1 Å². The minimum absolute atomic E-state index is 0.0132. The summed E-state index contributed by atoms with van der Waals surface area (Å²) in [4.78, 5) is 7.82. The third kappa shape index (κ3) is 2.31. The van der Waals surface area contributed by atoms with Crippen LogP contribution < -0.4 is 0 Å². The van der Waals surface area contributed by atoms with E-state index in [9.17, 15) is 5.26 Å². The summed E-state index contributed by atoms with van der Waals surface area (Å²) in [5.41, 5.74) is 1.38. The first kappa shape index (κ1) is 14.7. The van der Waals surface area contributed by atoms with Gasteiger partial charge in [-0.25, -0.2) is 4.89 Å². The summed E-state index contributed by atoms with van der Waals surface area (Å²) < 4.78 is 0. The first-order chi connectivity index (χ1) is 10.8. The van der Waals surface area contributed by atoms with Crippen LogP contribution in [-0.4, -0.2) is 35.9 Å². The molecule has 1 aromatic carbocycles. The highest BCUT2D eigenvalue weighted by molar-refractivity contribution is 5.29. The molecule has 1 aliphatic carbocycles. The Labute approximate surface area is 133 Å². The number of benzene rings is 1. The third-order valence-corrected chi connectivity index (χ3v) is 6.60. The fourth-order valence-electron chi connectivity index (χ4n) is 5.46. The second-order valence-electron chi connectivity index (χ2n) is 7.56. The van der Waals surface area contributed by atoms with Crippen molar-refractivity contribution in [2.45, 2.75) is 50.0 Å². The maximum absolute atomic E-state index is 9.87. The Hall–Kier alpha value is -0.900. The van der Waals surface area contributed by atoms with E-state index in [0.29, 0.717) is 5.92 Å². The summed E-state index contributed by atoms with van der Waals surface area (Å²) >= 11 is 0. The number of hydrogen-bond donors (Lipinski definition) is 1. The topological polar surface area (TPSA) is 32.7 Å². The summed E-state index contributed by atoms with van der Waals surface area (Å²) in [5, 5.41) is 9.87. The monoisotopic (exact) mass is 301 g/mol. The van der Waals surface area contributed by atoms with Gasteiger partial charge in [-0.15, -0.1) is 0 Å². The van der Waals surface area contributed by atoms with Gasteiger partial charge in [-0.3, -0.25) is 5.26 Å². The molecule has 3 nitrogen and oxygen atoms in total. The SMILES string of the molecule is OOC(C1CN2CCC1CC2)C1(c2ccccc2)CCCC1. The molecule has 120 valence electrons. The van der Waals surface area contributed by atoms with Gasteiger partial charge in [-0.05, 0) is 50.3 Å². The van der Waals surface area contributed by atoms with Crippen LogP contribution in [0.25, 0.3) is 0 Å². The molecule has 4 fully saturated rings. The second-order valence-corrected chi connectivity index (χ2v) is 7.56. The van der Waals surface area contributed by atoms with Gasteiger partial charge in [0.25, 0.3) is 0 Å². The van der Waals surface area contributed by atoms with E-state index in [-0.39, 0.29) is 11.5 Å². The molecule has 0 spiro atoms. The number of rotatable bonds is 4. The average Bonchev–Trinajstić information content (AvgIpc) is 3.08. The van der Waals surface area contributed by atoms with Crippen LogP contribution >= 0.6 is 0 Å². The molecule has 2 unspecified atom stereocenters. The van der Waals surface area contributed by atoms with Crippen molar-refractivity contribution in [2.24, 2.45) is 11.8 Å². The summed E-state index contributed by atoms with van der Waals surface area (Å²) in [6.07, 6.45) is 7.28. The van der Waals surface area contributed by atoms with Gasteiger partial charge < -0.3 is 4.90 Å². The van der Waals surface area contributed by atoms with E-state index in [0.717, 1.165) is 25.3 Å². The molecule has 2 bridgehead atoms. The number of hydrogen-bond acceptors (Lipinski definition) is 3. The Balaban J connectivity index is 1.68. The molecule has 0 radical (unpaired) electrons. The predicted molar refractivity (Wildman–Crippen MR) is 86.7 cm³/mol. The van der Waals surface area contributed by atoms with Crippen molar-refractivity contribution in [1.29, 1.82) is 0 Å². The maximum Gasteiger partial charge on any atom is 0.107 e. The minimum atomic E-state index is -0.0505. The lowest BCUT2D eigenvalue weighted by molar-refractivity contribution is -0.315. The van der Waals surface area contributed by atoms with Gasteiger partial charge in [0.2, 0.25) is 0 Å². The molecular formula is C19H27NO2. The Kier molecular flexibility index (Phi) is 3.97. The standard InChI is InChI=1S/C19H27NO2/c21-22-18(17-14-20-12-8-15(17)9-13-20)19(10-4-5-11-19)16-6-2-1-3-7-16/h1-3,6-7,15,17-18,21H,4-5,8-14H2. The Bertz CT molecular complexity index is 489. The quantitative estimate of drug-likeness (QED) is 0.680. The Morgan fingerprint density at radius 3 is 2.32 bits per heavy atom. The highest BCUT2D eigenvalue weighted by Gasteiger charge is 2.51. The van der Waals surface area contributed by atoms with Gasteiger partial charge in [-0.2, -0.15) is 0 Å². The zero-order valence-electron chi connectivity index (χ0n) is 13.3. The van der Waals surface area contributed by atoms with Crippen LogP contribution in [0.2, 0.25) is 0 Å². The van der Waals surface area contributed by atoms with E-state index < -0.39 is 0 Å². The van der Waals surface area contributed by atoms with E-state index in [1.165, 1.54) is 44.3 Å². The van der Waals surface area contributed by atoms with Gasteiger partial charge in [0.15, 0.2) is 0 Å². The third-order valence-electron chi connectivity index (χ3n) is 6.60. The normalized spacial score (nSPS) is 34.7. The molecule has 4 aliphatic rings. The summed E-state index contributed by atoms with van der Waals surface area (Å²) in [5.74, 6) is 1.20. The zero-order chi connectivity index (χ0) is 15.0. The average molecular weight is 301 g/mol. The molecule has 22 heavy (non-hydrogen) atoms. The molecule has 1 N–H and O–H groups in total. The predicted octanol–water partition coefficient (Wildman–Crippen LogP) is 3.70. The van der Waals surface area contributed by atoms with Crippen molar-refractivity contribution in [3.63, 3.8) is 0 Å². The molecule has 0 aromatic heterocycles. The molecule has 5 rings (SSSR count). The smallest absolute Gasteiger partial charge is 0.107 e. The Morgan fingerprint density at radius 2 is 1.77 bits per heavy atom. The van der Waals surface area contributed by atoms with Crippen LogP contribution in [0.5, 0.6) is 0 Å². The molecule has 3 aliphatic heterocycles. The van der Waals surface area contributed by atoms with Crippen molar-refractivity contribution in [1.82, 2.24) is 4.90 Å². The maximum atomic E-state index is 9.87. The molecular weight excluding hydrogens is 274 g/mol. The number of piperidine rings is 3. The van der Waals surface area contributed by atoms with E-state index in [1.54, 1.807) is 0 Å². The highest BCUT2D eigenvalue weighted by atomic mass is 17.1. The van der Waals surface area contributed by atoms with Crippen molar-refractivity contribution in [3.8, 4) is 0 Å². The van der Waals surface area contributed by atoms with Gasteiger partial charge >= 0.3 is 0 Å². The largest absolute Gasteiger partial charge is 0.303 e. The van der Waals surface area contributed by atoms with Crippen LogP contribution in [0.15, 0.2) is 30.3 Å². The van der Waals surface area contributed by atoms with Crippen molar-refractivity contribution in [2.75, 3.05) is 19.6 Å². The van der Waals surface area contributed by atoms with E-state index in [1.807, 2.05) is 0 Å². The van der Waals surface area contributed by atoms with E-state index in [4.69, 9.17) is 4.89 Å². The van der Waals surface area contributed by atoms with Gasteiger partial charge in [0.05, 0.1) is 0 Å².